The second kappa shape index (κ2) is 6.41. The predicted molar refractivity (Wildman–Crippen MR) is 80.3 cm³/mol. The van der Waals surface area contributed by atoms with Gasteiger partial charge in [-0.3, -0.25) is 0 Å². The third-order valence-electron chi connectivity index (χ3n) is 3.37. The number of ether oxygens (including phenoxy) is 1. The van der Waals surface area contributed by atoms with Crippen LogP contribution >= 0.6 is 0 Å². The van der Waals surface area contributed by atoms with Crippen LogP contribution in [0.5, 0.6) is 5.75 Å². The van der Waals surface area contributed by atoms with Gasteiger partial charge in [-0.1, -0.05) is 35.5 Å². The first kappa shape index (κ1) is 13.6. The van der Waals surface area contributed by atoms with Crippen LogP contribution in [0.15, 0.2) is 59.8 Å². The first-order valence-corrected chi connectivity index (χ1v) is 6.96. The molecule has 1 unspecified atom stereocenters. The molecule has 108 valence electrons. The number of nitrogens with zero attached hydrogens (tertiary/aromatic N) is 1. The molecule has 1 heterocycles. The van der Waals surface area contributed by atoms with E-state index >= 15 is 0 Å². The molecule has 21 heavy (non-hydrogen) atoms. The first-order valence-electron chi connectivity index (χ1n) is 6.96. The van der Waals surface area contributed by atoms with Crippen LogP contribution in [0, 0.1) is 0 Å². The van der Waals surface area contributed by atoms with Crippen LogP contribution in [-0.2, 0) is 11.4 Å². The van der Waals surface area contributed by atoms with Crippen LogP contribution in [0.3, 0.4) is 0 Å². The summed E-state index contributed by atoms with van der Waals surface area (Å²) in [6, 6.07) is 17.8. The van der Waals surface area contributed by atoms with E-state index < -0.39 is 0 Å². The van der Waals surface area contributed by atoms with Gasteiger partial charge in [-0.15, -0.1) is 0 Å². The van der Waals surface area contributed by atoms with Gasteiger partial charge in [0.25, 0.3) is 0 Å². The topological polar surface area (TPSA) is 51.0 Å². The Labute approximate surface area is 123 Å². The van der Waals surface area contributed by atoms with Gasteiger partial charge in [0.1, 0.15) is 12.4 Å². The lowest BCUT2D eigenvalue weighted by molar-refractivity contribution is 0.0390. The normalized spacial score (nSPS) is 17.2. The minimum Gasteiger partial charge on any atom is -0.489 e. The van der Waals surface area contributed by atoms with Gasteiger partial charge in [0.2, 0.25) is 0 Å². The van der Waals surface area contributed by atoms with Crippen molar-refractivity contribution in [2.75, 3.05) is 6.61 Å². The van der Waals surface area contributed by atoms with Gasteiger partial charge in [-0.2, -0.15) is 0 Å². The smallest absolute Gasteiger partial charge is 0.156 e. The molecule has 0 spiro atoms. The Morgan fingerprint density at radius 1 is 1.10 bits per heavy atom. The molecule has 0 amide bonds. The van der Waals surface area contributed by atoms with Crippen molar-refractivity contribution in [3.05, 3.63) is 65.7 Å². The molecule has 2 aromatic rings. The zero-order valence-corrected chi connectivity index (χ0v) is 11.6. The minimum atomic E-state index is -0.214. The summed E-state index contributed by atoms with van der Waals surface area (Å²) in [7, 11) is 0. The Bertz CT molecular complexity index is 608. The molecule has 1 atom stereocenters. The average Bonchev–Trinajstić information content (AvgIpc) is 3.03. The Balaban J connectivity index is 1.60. The van der Waals surface area contributed by atoms with Crippen molar-refractivity contribution in [3.63, 3.8) is 0 Å². The van der Waals surface area contributed by atoms with E-state index in [4.69, 9.17) is 14.7 Å². The van der Waals surface area contributed by atoms with E-state index in [0.29, 0.717) is 13.0 Å². The Morgan fingerprint density at radius 2 is 1.86 bits per heavy atom. The summed E-state index contributed by atoms with van der Waals surface area (Å²) >= 11 is 0. The summed E-state index contributed by atoms with van der Waals surface area (Å²) in [5, 5.41) is 13.0. The largest absolute Gasteiger partial charge is 0.489 e. The molecule has 0 radical (unpaired) electrons. The Morgan fingerprint density at radius 3 is 2.52 bits per heavy atom. The lowest BCUT2D eigenvalue weighted by atomic mass is 10.1. The Kier molecular flexibility index (Phi) is 4.17. The highest BCUT2D eigenvalue weighted by molar-refractivity contribution is 6.01. The van der Waals surface area contributed by atoms with E-state index in [0.717, 1.165) is 22.6 Å². The summed E-state index contributed by atoms with van der Waals surface area (Å²) < 4.78 is 5.74. The molecule has 2 aromatic carbocycles. The van der Waals surface area contributed by atoms with Gasteiger partial charge in [0, 0.05) is 6.42 Å². The second-order valence-electron chi connectivity index (χ2n) is 4.95. The summed E-state index contributed by atoms with van der Waals surface area (Å²) in [6.45, 7) is 0.544. The number of hydrogen-bond acceptors (Lipinski definition) is 4. The second-order valence-corrected chi connectivity index (χ2v) is 4.95. The summed E-state index contributed by atoms with van der Waals surface area (Å²) in [5.41, 5.74) is 3.00. The van der Waals surface area contributed by atoms with Gasteiger partial charge in [-0.05, 0) is 35.4 Å². The SMILES string of the molecule is OCC1CC(c2ccc(OCc3ccccc3)cc2)=NO1. The number of oxime groups is 1. The third kappa shape index (κ3) is 3.41. The van der Waals surface area contributed by atoms with Crippen molar-refractivity contribution in [1.82, 2.24) is 0 Å². The molecule has 0 saturated heterocycles. The first-order chi connectivity index (χ1) is 10.3. The van der Waals surface area contributed by atoms with Gasteiger partial charge in [0.15, 0.2) is 6.10 Å². The van der Waals surface area contributed by atoms with Crippen LogP contribution in [-0.4, -0.2) is 23.5 Å². The lowest BCUT2D eigenvalue weighted by Crippen LogP contribution is -2.12. The zero-order chi connectivity index (χ0) is 14.5. The van der Waals surface area contributed by atoms with E-state index in [1.807, 2.05) is 54.6 Å². The maximum Gasteiger partial charge on any atom is 0.156 e. The molecule has 1 aliphatic heterocycles. The summed E-state index contributed by atoms with van der Waals surface area (Å²) in [4.78, 5) is 5.11. The maximum atomic E-state index is 9.03. The molecule has 1 N–H and O–H groups in total. The van der Waals surface area contributed by atoms with Crippen LogP contribution in [0.25, 0.3) is 0 Å². The van der Waals surface area contributed by atoms with Crippen molar-refractivity contribution >= 4 is 5.71 Å². The molecule has 3 rings (SSSR count). The number of benzene rings is 2. The quantitative estimate of drug-likeness (QED) is 0.918. The molecule has 4 heteroatoms. The highest BCUT2D eigenvalue weighted by atomic mass is 16.6. The van der Waals surface area contributed by atoms with E-state index in [2.05, 4.69) is 5.16 Å². The fraction of sp³-hybridized carbons (Fsp3) is 0.235. The van der Waals surface area contributed by atoms with Crippen molar-refractivity contribution in [1.29, 1.82) is 0 Å². The highest BCUT2D eigenvalue weighted by Crippen LogP contribution is 2.19. The molecular weight excluding hydrogens is 266 g/mol. The van der Waals surface area contributed by atoms with Crippen molar-refractivity contribution in [3.8, 4) is 5.75 Å². The minimum absolute atomic E-state index is 0.00866. The van der Waals surface area contributed by atoms with E-state index in [-0.39, 0.29) is 12.7 Å². The van der Waals surface area contributed by atoms with Crippen molar-refractivity contribution < 1.29 is 14.7 Å². The van der Waals surface area contributed by atoms with Crippen molar-refractivity contribution in [2.24, 2.45) is 5.16 Å². The zero-order valence-electron chi connectivity index (χ0n) is 11.6. The molecule has 0 aromatic heterocycles. The molecule has 0 aliphatic carbocycles. The Hall–Kier alpha value is -2.33. The van der Waals surface area contributed by atoms with E-state index in [1.165, 1.54) is 0 Å². The predicted octanol–water partition coefficient (Wildman–Crippen LogP) is 2.75. The van der Waals surface area contributed by atoms with Crippen LogP contribution in [0.2, 0.25) is 0 Å². The van der Waals surface area contributed by atoms with Gasteiger partial charge in [0.05, 0.1) is 12.3 Å². The molecule has 4 nitrogen and oxygen atoms in total. The fourth-order valence-electron chi connectivity index (χ4n) is 2.18. The lowest BCUT2D eigenvalue weighted by Gasteiger charge is -2.07. The molecular formula is C17H17NO3. The summed E-state index contributed by atoms with van der Waals surface area (Å²) in [5.74, 6) is 0.820. The number of aliphatic hydroxyl groups excluding tert-OH is 1. The number of aliphatic hydroxyl groups is 1. The number of hydrogen-bond donors (Lipinski definition) is 1. The maximum absolute atomic E-state index is 9.03. The van der Waals surface area contributed by atoms with Gasteiger partial charge < -0.3 is 14.7 Å². The van der Waals surface area contributed by atoms with Crippen LogP contribution < -0.4 is 4.74 Å². The molecule has 0 saturated carbocycles. The fourth-order valence-corrected chi connectivity index (χ4v) is 2.18. The van der Waals surface area contributed by atoms with Crippen molar-refractivity contribution in [2.45, 2.75) is 19.1 Å². The van der Waals surface area contributed by atoms with E-state index in [1.54, 1.807) is 0 Å². The average molecular weight is 283 g/mol. The van der Waals surface area contributed by atoms with Gasteiger partial charge >= 0.3 is 0 Å². The molecule has 0 bridgehead atoms. The molecule has 1 aliphatic rings. The highest BCUT2D eigenvalue weighted by Gasteiger charge is 2.20. The summed E-state index contributed by atoms with van der Waals surface area (Å²) in [6.07, 6.45) is 0.426. The number of rotatable bonds is 5. The third-order valence-corrected chi connectivity index (χ3v) is 3.37. The van der Waals surface area contributed by atoms with Crippen LogP contribution in [0.1, 0.15) is 17.5 Å². The van der Waals surface area contributed by atoms with Crippen LogP contribution in [0.4, 0.5) is 0 Å². The monoisotopic (exact) mass is 283 g/mol. The van der Waals surface area contributed by atoms with E-state index in [9.17, 15) is 0 Å². The standard InChI is InChI=1S/C17H17NO3/c19-11-16-10-17(18-21-16)14-6-8-15(9-7-14)20-12-13-4-2-1-3-5-13/h1-9,16,19H,10-12H2. The molecule has 0 fully saturated rings. The van der Waals surface area contributed by atoms with Gasteiger partial charge in [-0.25, -0.2) is 0 Å².